The van der Waals surface area contributed by atoms with E-state index in [1.54, 1.807) is 26.0 Å². The molecule has 128 valence electrons. The van der Waals surface area contributed by atoms with Gasteiger partial charge < -0.3 is 10.0 Å². The smallest absolute Gasteiger partial charge is 0.329 e. The molecule has 0 unspecified atom stereocenters. The summed E-state index contributed by atoms with van der Waals surface area (Å²) in [5, 5.41) is 8.63. The zero-order valence-electron chi connectivity index (χ0n) is 14.0. The summed E-state index contributed by atoms with van der Waals surface area (Å²) in [4.78, 5) is 24.8. The molecule has 1 N–H and O–H groups in total. The minimum atomic E-state index is -3.35. The van der Waals surface area contributed by atoms with Crippen LogP contribution in [-0.4, -0.2) is 48.1 Å². The van der Waals surface area contributed by atoms with E-state index in [9.17, 15) is 18.0 Å². The van der Waals surface area contributed by atoms with Crippen LogP contribution in [0.25, 0.3) is 0 Å². The fraction of sp³-hybridized carbons (Fsp3) is 0.500. The van der Waals surface area contributed by atoms with Gasteiger partial charge in [-0.15, -0.1) is 0 Å². The second-order valence-corrected chi connectivity index (χ2v) is 8.74. The number of nitrogens with zero attached hydrogens (tertiary/aromatic N) is 1. The summed E-state index contributed by atoms with van der Waals surface area (Å²) in [5.41, 5.74) is -0.677. The minimum Gasteiger partial charge on any atom is -0.480 e. The molecule has 0 spiro atoms. The summed E-state index contributed by atoms with van der Waals surface area (Å²) in [6, 6.07) is 6.10. The van der Waals surface area contributed by atoms with Crippen LogP contribution in [0.15, 0.2) is 29.2 Å². The van der Waals surface area contributed by atoms with Crippen molar-refractivity contribution in [2.45, 2.75) is 49.8 Å². The number of carbonyl (C=O) groups excluding carboxylic acids is 1. The van der Waals surface area contributed by atoms with E-state index >= 15 is 0 Å². The lowest BCUT2D eigenvalue weighted by Crippen LogP contribution is -2.51. The topological polar surface area (TPSA) is 91.8 Å². The van der Waals surface area contributed by atoms with Gasteiger partial charge in [0.25, 0.3) is 0 Å². The monoisotopic (exact) mass is 341 g/mol. The van der Waals surface area contributed by atoms with Gasteiger partial charge >= 0.3 is 5.97 Å². The Morgan fingerprint density at radius 2 is 1.65 bits per heavy atom. The first-order valence-electron chi connectivity index (χ1n) is 7.23. The number of rotatable bonds is 6. The molecule has 1 aromatic rings. The molecule has 1 amide bonds. The van der Waals surface area contributed by atoms with E-state index in [0.29, 0.717) is 5.56 Å². The summed E-state index contributed by atoms with van der Waals surface area (Å²) in [6.45, 7) is 6.11. The average Bonchev–Trinajstić information content (AvgIpc) is 2.46. The van der Waals surface area contributed by atoms with Gasteiger partial charge in [-0.1, -0.05) is 12.1 Å². The van der Waals surface area contributed by atoms with Crippen molar-refractivity contribution >= 4 is 21.7 Å². The number of likely N-dealkylation sites (N-methyl/N-ethyl adjacent to an activating group) is 1. The van der Waals surface area contributed by atoms with Crippen LogP contribution < -0.4 is 0 Å². The molecule has 0 aliphatic heterocycles. The van der Waals surface area contributed by atoms with Gasteiger partial charge in [0.1, 0.15) is 5.54 Å². The lowest BCUT2D eigenvalue weighted by molar-refractivity contribution is -0.155. The Morgan fingerprint density at radius 3 is 2.04 bits per heavy atom. The van der Waals surface area contributed by atoms with E-state index in [1.165, 1.54) is 37.9 Å². The van der Waals surface area contributed by atoms with Gasteiger partial charge in [-0.05, 0) is 45.4 Å². The van der Waals surface area contributed by atoms with Gasteiger partial charge in [-0.2, -0.15) is 0 Å². The summed E-state index contributed by atoms with van der Waals surface area (Å²) in [6.07, 6.45) is 0.00914. The Morgan fingerprint density at radius 1 is 1.17 bits per heavy atom. The van der Waals surface area contributed by atoms with Crippen LogP contribution in [-0.2, 0) is 25.8 Å². The minimum absolute atomic E-state index is 0.00914. The molecular weight excluding hydrogens is 318 g/mol. The molecule has 0 aliphatic rings. The highest BCUT2D eigenvalue weighted by atomic mass is 32.2. The zero-order chi connectivity index (χ0) is 18.0. The molecule has 0 atom stereocenters. The summed E-state index contributed by atoms with van der Waals surface area (Å²) >= 11 is 0. The van der Waals surface area contributed by atoms with Crippen molar-refractivity contribution in [2.75, 3.05) is 7.05 Å². The Hall–Kier alpha value is -1.89. The number of aliphatic carboxylic acids is 1. The maximum atomic E-state index is 12.2. The highest BCUT2D eigenvalue weighted by Gasteiger charge is 2.34. The van der Waals surface area contributed by atoms with Gasteiger partial charge in [0, 0.05) is 7.05 Å². The van der Waals surface area contributed by atoms with Crippen LogP contribution in [0.5, 0.6) is 0 Å². The predicted molar refractivity (Wildman–Crippen MR) is 87.0 cm³/mol. The van der Waals surface area contributed by atoms with E-state index in [4.69, 9.17) is 5.11 Å². The van der Waals surface area contributed by atoms with Crippen molar-refractivity contribution in [1.29, 1.82) is 0 Å². The van der Waals surface area contributed by atoms with Crippen LogP contribution in [0.3, 0.4) is 0 Å². The van der Waals surface area contributed by atoms with E-state index < -0.39 is 26.6 Å². The SMILES string of the molecule is CC(C)S(=O)(=O)c1ccc(CC(=O)N(C)C(C)(C)C(=O)O)cc1. The second-order valence-electron chi connectivity index (χ2n) is 6.23. The first kappa shape index (κ1) is 19.2. The maximum absolute atomic E-state index is 12.2. The Bertz CT molecular complexity index is 690. The van der Waals surface area contributed by atoms with Crippen LogP contribution in [0.2, 0.25) is 0 Å². The average molecular weight is 341 g/mol. The molecule has 7 heteroatoms. The molecule has 0 radical (unpaired) electrons. The Labute approximate surface area is 137 Å². The quantitative estimate of drug-likeness (QED) is 0.851. The fourth-order valence-corrected chi connectivity index (χ4v) is 2.88. The standard InChI is InChI=1S/C16H23NO5S/c1-11(2)23(21,22)13-8-6-12(7-9-13)10-14(18)17(5)16(3,4)15(19)20/h6-9,11H,10H2,1-5H3,(H,19,20). The highest BCUT2D eigenvalue weighted by molar-refractivity contribution is 7.92. The van der Waals surface area contributed by atoms with Crippen molar-refractivity contribution in [1.82, 2.24) is 4.90 Å². The van der Waals surface area contributed by atoms with Crippen molar-refractivity contribution < 1.29 is 23.1 Å². The Balaban J connectivity index is 2.92. The molecule has 0 saturated heterocycles. The normalized spacial score (nSPS) is 12.3. The molecule has 0 heterocycles. The predicted octanol–water partition coefficient (Wildman–Crippen LogP) is 1.73. The highest BCUT2D eigenvalue weighted by Crippen LogP contribution is 2.18. The van der Waals surface area contributed by atoms with E-state index in [0.717, 1.165) is 0 Å². The van der Waals surface area contributed by atoms with Gasteiger partial charge in [0.2, 0.25) is 5.91 Å². The van der Waals surface area contributed by atoms with Crippen LogP contribution in [0.4, 0.5) is 0 Å². The number of hydrogen-bond donors (Lipinski definition) is 1. The zero-order valence-corrected chi connectivity index (χ0v) is 14.8. The molecule has 0 fully saturated rings. The van der Waals surface area contributed by atoms with Gasteiger partial charge in [0.05, 0.1) is 16.6 Å². The molecule has 0 bridgehead atoms. The van der Waals surface area contributed by atoms with E-state index in [2.05, 4.69) is 0 Å². The number of hydrogen-bond acceptors (Lipinski definition) is 4. The third-order valence-corrected chi connectivity index (χ3v) is 6.13. The van der Waals surface area contributed by atoms with Crippen LogP contribution in [0.1, 0.15) is 33.3 Å². The second kappa shape index (κ2) is 6.70. The number of benzene rings is 1. The first-order valence-corrected chi connectivity index (χ1v) is 8.78. The van der Waals surface area contributed by atoms with E-state index in [-0.39, 0.29) is 17.2 Å². The molecule has 0 aromatic heterocycles. The Kier molecular flexibility index (Phi) is 5.58. The van der Waals surface area contributed by atoms with Crippen molar-refractivity contribution in [2.24, 2.45) is 0 Å². The number of amides is 1. The van der Waals surface area contributed by atoms with Crippen LogP contribution >= 0.6 is 0 Å². The molecule has 0 aliphatic carbocycles. The number of sulfone groups is 1. The third-order valence-electron chi connectivity index (χ3n) is 3.96. The van der Waals surface area contributed by atoms with Gasteiger partial charge in [-0.25, -0.2) is 13.2 Å². The molecule has 6 nitrogen and oxygen atoms in total. The van der Waals surface area contributed by atoms with Gasteiger partial charge in [-0.3, -0.25) is 4.79 Å². The van der Waals surface area contributed by atoms with Crippen molar-refractivity contribution in [3.05, 3.63) is 29.8 Å². The van der Waals surface area contributed by atoms with Gasteiger partial charge in [0.15, 0.2) is 9.84 Å². The summed E-state index contributed by atoms with van der Waals surface area (Å²) in [7, 11) is -1.91. The first-order chi connectivity index (χ1) is 10.4. The summed E-state index contributed by atoms with van der Waals surface area (Å²) < 4.78 is 24.1. The lowest BCUT2D eigenvalue weighted by atomic mass is 10.0. The summed E-state index contributed by atoms with van der Waals surface area (Å²) in [5.74, 6) is -1.44. The lowest BCUT2D eigenvalue weighted by Gasteiger charge is -2.31. The number of carboxylic acid groups (broad SMARTS) is 1. The largest absolute Gasteiger partial charge is 0.480 e. The number of carbonyl (C=O) groups is 2. The molecule has 23 heavy (non-hydrogen) atoms. The fourth-order valence-electron chi connectivity index (χ4n) is 1.82. The van der Waals surface area contributed by atoms with Crippen LogP contribution in [0, 0.1) is 0 Å². The third kappa shape index (κ3) is 4.10. The van der Waals surface area contributed by atoms with Crippen molar-refractivity contribution in [3.8, 4) is 0 Å². The molecule has 0 saturated carbocycles. The molecule has 1 rings (SSSR count). The van der Waals surface area contributed by atoms with Crippen molar-refractivity contribution in [3.63, 3.8) is 0 Å². The maximum Gasteiger partial charge on any atom is 0.329 e. The molecular formula is C16H23NO5S. The number of carboxylic acids is 1. The van der Waals surface area contributed by atoms with E-state index in [1.807, 2.05) is 0 Å². The molecule has 1 aromatic carbocycles.